The Labute approximate surface area is 124 Å². The average Bonchev–Trinajstić information content (AvgIpc) is 2.47. The van der Waals surface area contributed by atoms with E-state index in [0.717, 1.165) is 13.1 Å². The minimum Gasteiger partial charge on any atom is -0.335 e. The van der Waals surface area contributed by atoms with Gasteiger partial charge in [-0.2, -0.15) is 0 Å². The van der Waals surface area contributed by atoms with Gasteiger partial charge in [0.1, 0.15) is 11.5 Å². The highest BCUT2D eigenvalue weighted by molar-refractivity contribution is 5.94. The molecule has 114 valence electrons. The largest absolute Gasteiger partial charge is 0.335 e. The van der Waals surface area contributed by atoms with Crippen LogP contribution < -0.4 is 5.32 Å². The molecule has 0 unspecified atom stereocenters. The molecule has 1 aliphatic rings. The lowest BCUT2D eigenvalue weighted by Gasteiger charge is -2.32. The van der Waals surface area contributed by atoms with E-state index in [-0.39, 0.29) is 11.9 Å². The van der Waals surface area contributed by atoms with E-state index >= 15 is 0 Å². The third-order valence-corrected chi connectivity index (χ3v) is 3.40. The molecule has 2 heterocycles. The van der Waals surface area contributed by atoms with Crippen LogP contribution in [-0.2, 0) is 0 Å². The van der Waals surface area contributed by atoms with Gasteiger partial charge >= 0.3 is 6.03 Å². The highest BCUT2D eigenvalue weighted by Crippen LogP contribution is 2.10. The van der Waals surface area contributed by atoms with E-state index in [1.165, 1.54) is 4.90 Å². The number of hydrogen-bond donors (Lipinski definition) is 1. The highest BCUT2D eigenvalue weighted by Gasteiger charge is 2.21. The van der Waals surface area contributed by atoms with E-state index in [2.05, 4.69) is 15.2 Å². The maximum atomic E-state index is 12.4. The molecule has 1 aromatic rings. The molecule has 0 bridgehead atoms. The Hall–Kier alpha value is -2.15. The zero-order valence-electron chi connectivity index (χ0n) is 12.7. The predicted octanol–water partition coefficient (Wildman–Crippen LogP) is 0.563. The Morgan fingerprint density at radius 3 is 2.48 bits per heavy atom. The molecule has 0 spiro atoms. The third kappa shape index (κ3) is 3.91. The maximum absolute atomic E-state index is 12.4. The molecule has 1 saturated heterocycles. The summed E-state index contributed by atoms with van der Waals surface area (Å²) in [5.74, 6) is 0.290. The van der Waals surface area contributed by atoms with Crippen LogP contribution in [0.5, 0.6) is 0 Å². The number of hydrogen-bond acceptors (Lipinski definition) is 4. The summed E-state index contributed by atoms with van der Waals surface area (Å²) in [6.07, 6.45) is 0. The van der Waals surface area contributed by atoms with E-state index in [9.17, 15) is 9.59 Å². The number of piperazine rings is 1. The summed E-state index contributed by atoms with van der Waals surface area (Å²) in [5.41, 5.74) is 0.358. The maximum Gasteiger partial charge on any atom is 0.322 e. The molecule has 0 aromatic carbocycles. The number of amides is 3. The number of nitrogens with zero attached hydrogens (tertiary/aromatic N) is 4. The average molecular weight is 291 g/mol. The lowest BCUT2D eigenvalue weighted by Crippen LogP contribution is -2.47. The summed E-state index contributed by atoms with van der Waals surface area (Å²) < 4.78 is 0. The molecule has 1 fully saturated rings. The van der Waals surface area contributed by atoms with E-state index in [4.69, 9.17) is 0 Å². The molecule has 2 rings (SSSR count). The van der Waals surface area contributed by atoms with Gasteiger partial charge < -0.3 is 14.7 Å². The summed E-state index contributed by atoms with van der Waals surface area (Å²) in [5, 5.41) is 2.64. The van der Waals surface area contributed by atoms with Crippen LogP contribution in [0.1, 0.15) is 10.5 Å². The number of anilines is 1. The Morgan fingerprint density at radius 2 is 1.86 bits per heavy atom. The number of carbonyl (C=O) groups is 2. The van der Waals surface area contributed by atoms with Crippen molar-refractivity contribution in [2.24, 2.45) is 0 Å². The van der Waals surface area contributed by atoms with Crippen LogP contribution in [0.4, 0.5) is 10.6 Å². The summed E-state index contributed by atoms with van der Waals surface area (Å²) in [7, 11) is 5.33. The quantitative estimate of drug-likeness (QED) is 0.864. The molecule has 0 radical (unpaired) electrons. The van der Waals surface area contributed by atoms with E-state index in [1.807, 2.05) is 7.05 Å². The van der Waals surface area contributed by atoms with E-state index in [1.54, 1.807) is 37.2 Å². The van der Waals surface area contributed by atoms with Gasteiger partial charge in [0, 0.05) is 40.3 Å². The first-order chi connectivity index (χ1) is 9.97. The summed E-state index contributed by atoms with van der Waals surface area (Å²) in [6, 6.07) is 4.79. The van der Waals surface area contributed by atoms with Crippen LogP contribution in [0.2, 0.25) is 0 Å². The van der Waals surface area contributed by atoms with Gasteiger partial charge in [-0.1, -0.05) is 6.07 Å². The second-order valence-electron chi connectivity index (χ2n) is 5.33. The van der Waals surface area contributed by atoms with E-state index < -0.39 is 0 Å². The van der Waals surface area contributed by atoms with Gasteiger partial charge in [-0.05, 0) is 19.2 Å². The van der Waals surface area contributed by atoms with Gasteiger partial charge in [-0.15, -0.1) is 0 Å². The van der Waals surface area contributed by atoms with Crippen molar-refractivity contribution in [3.05, 3.63) is 23.9 Å². The number of likely N-dealkylation sites (N-methyl/N-ethyl adjacent to an activating group) is 1. The van der Waals surface area contributed by atoms with Crippen LogP contribution in [0.3, 0.4) is 0 Å². The van der Waals surface area contributed by atoms with Crippen molar-refractivity contribution in [1.29, 1.82) is 0 Å². The van der Waals surface area contributed by atoms with Gasteiger partial charge in [0.05, 0.1) is 0 Å². The van der Waals surface area contributed by atoms with Gasteiger partial charge in [0.25, 0.3) is 5.91 Å². The van der Waals surface area contributed by atoms with Crippen molar-refractivity contribution in [3.8, 4) is 0 Å². The summed E-state index contributed by atoms with van der Waals surface area (Å²) in [6.45, 7) is 3.13. The standard InChI is InChI=1S/C14H21N5O2/c1-17(2)14(21)16-12-6-4-5-11(15-12)13(20)19-9-7-18(3)8-10-19/h4-6H,7-10H2,1-3H3,(H,15,16,21). The zero-order chi connectivity index (χ0) is 15.4. The third-order valence-electron chi connectivity index (χ3n) is 3.40. The molecular formula is C14H21N5O2. The van der Waals surface area contributed by atoms with Crippen molar-refractivity contribution >= 4 is 17.8 Å². The number of pyridine rings is 1. The second-order valence-corrected chi connectivity index (χ2v) is 5.33. The van der Waals surface area contributed by atoms with Crippen molar-refractivity contribution < 1.29 is 9.59 Å². The van der Waals surface area contributed by atoms with Crippen LogP contribution in [-0.4, -0.2) is 78.9 Å². The molecule has 7 nitrogen and oxygen atoms in total. The first-order valence-electron chi connectivity index (χ1n) is 6.90. The van der Waals surface area contributed by atoms with Crippen LogP contribution in [0.15, 0.2) is 18.2 Å². The minimum atomic E-state index is -0.272. The number of carbonyl (C=O) groups excluding carboxylic acids is 2. The van der Waals surface area contributed by atoms with Crippen molar-refractivity contribution in [1.82, 2.24) is 19.7 Å². The van der Waals surface area contributed by atoms with Crippen LogP contribution in [0.25, 0.3) is 0 Å². The van der Waals surface area contributed by atoms with Crippen molar-refractivity contribution in [2.75, 3.05) is 52.6 Å². The van der Waals surface area contributed by atoms with Crippen LogP contribution in [0, 0.1) is 0 Å². The first-order valence-corrected chi connectivity index (χ1v) is 6.90. The minimum absolute atomic E-state index is 0.0935. The van der Waals surface area contributed by atoms with Crippen molar-refractivity contribution in [3.63, 3.8) is 0 Å². The molecule has 0 saturated carbocycles. The zero-order valence-corrected chi connectivity index (χ0v) is 12.7. The molecule has 0 aliphatic carbocycles. The molecule has 7 heteroatoms. The fourth-order valence-electron chi connectivity index (χ4n) is 2.02. The van der Waals surface area contributed by atoms with Gasteiger partial charge in [-0.3, -0.25) is 10.1 Å². The van der Waals surface area contributed by atoms with Crippen LogP contribution >= 0.6 is 0 Å². The SMILES string of the molecule is CN1CCN(C(=O)c2cccc(NC(=O)N(C)C)n2)CC1. The van der Waals surface area contributed by atoms with Gasteiger partial charge in [0.15, 0.2) is 0 Å². The molecule has 1 N–H and O–H groups in total. The first kappa shape index (κ1) is 15.2. The van der Waals surface area contributed by atoms with Gasteiger partial charge in [-0.25, -0.2) is 9.78 Å². The predicted molar refractivity (Wildman–Crippen MR) is 80.3 cm³/mol. The molecule has 1 aromatic heterocycles. The monoisotopic (exact) mass is 291 g/mol. The number of rotatable bonds is 2. The molecule has 1 aliphatic heterocycles. The number of urea groups is 1. The topological polar surface area (TPSA) is 68.8 Å². The number of aromatic nitrogens is 1. The second kappa shape index (κ2) is 6.53. The highest BCUT2D eigenvalue weighted by atomic mass is 16.2. The summed E-state index contributed by atoms with van der Waals surface area (Å²) in [4.78, 5) is 33.6. The molecule has 21 heavy (non-hydrogen) atoms. The fraction of sp³-hybridized carbons (Fsp3) is 0.500. The Bertz CT molecular complexity index is 524. The van der Waals surface area contributed by atoms with Gasteiger partial charge in [0.2, 0.25) is 0 Å². The van der Waals surface area contributed by atoms with E-state index in [0.29, 0.717) is 24.6 Å². The molecular weight excluding hydrogens is 270 g/mol. The summed E-state index contributed by atoms with van der Waals surface area (Å²) >= 11 is 0. The Morgan fingerprint density at radius 1 is 1.19 bits per heavy atom. The number of nitrogens with one attached hydrogen (secondary N) is 1. The Kier molecular flexibility index (Phi) is 4.74. The van der Waals surface area contributed by atoms with Crippen molar-refractivity contribution in [2.45, 2.75) is 0 Å². The molecule has 0 atom stereocenters. The molecule has 3 amide bonds. The lowest BCUT2D eigenvalue weighted by atomic mass is 10.2. The lowest BCUT2D eigenvalue weighted by molar-refractivity contribution is 0.0658. The smallest absolute Gasteiger partial charge is 0.322 e. The normalized spacial score (nSPS) is 15.7. The Balaban J connectivity index is 2.06. The fourth-order valence-corrected chi connectivity index (χ4v) is 2.02.